The number of ether oxygens (including phenoxy) is 2. The number of nitrogens with zero attached hydrogens (tertiary/aromatic N) is 1. The lowest BCUT2D eigenvalue weighted by Gasteiger charge is -2.39. The maximum atomic E-state index is 13.3. The highest BCUT2D eigenvalue weighted by atomic mass is 35.5. The SMILES string of the molecule is COc1cccc([C@H]2CC(=O)N(c3ccccc3Cl)C3=C2C(=O)CCC3)c1OC. The van der Waals surface area contributed by atoms with E-state index in [0.29, 0.717) is 47.0 Å². The third kappa shape index (κ3) is 3.29. The molecule has 0 bridgehead atoms. The van der Waals surface area contributed by atoms with Crippen LogP contribution in [0.15, 0.2) is 53.7 Å². The topological polar surface area (TPSA) is 55.8 Å². The van der Waals surface area contributed by atoms with Gasteiger partial charge in [0.05, 0.1) is 24.9 Å². The van der Waals surface area contributed by atoms with Crippen LogP contribution in [0.5, 0.6) is 11.5 Å². The van der Waals surface area contributed by atoms with Crippen molar-refractivity contribution in [2.75, 3.05) is 19.1 Å². The predicted octanol–water partition coefficient (Wildman–Crippen LogP) is 4.88. The maximum Gasteiger partial charge on any atom is 0.232 e. The van der Waals surface area contributed by atoms with E-state index in [4.69, 9.17) is 21.1 Å². The molecule has 2 aliphatic rings. The summed E-state index contributed by atoms with van der Waals surface area (Å²) in [4.78, 5) is 28.0. The molecule has 1 aliphatic heterocycles. The average Bonchev–Trinajstić information content (AvgIpc) is 2.73. The number of anilines is 1. The second-order valence-corrected chi connectivity index (χ2v) is 7.56. The summed E-state index contributed by atoms with van der Waals surface area (Å²) < 4.78 is 11.0. The Balaban J connectivity index is 1.91. The zero-order valence-corrected chi connectivity index (χ0v) is 17.2. The molecule has 0 aromatic heterocycles. The van der Waals surface area contributed by atoms with Gasteiger partial charge in [-0.3, -0.25) is 14.5 Å². The third-order valence-electron chi connectivity index (χ3n) is 5.58. The lowest BCUT2D eigenvalue weighted by atomic mass is 9.76. The van der Waals surface area contributed by atoms with Crippen molar-refractivity contribution in [3.05, 3.63) is 64.3 Å². The molecule has 1 amide bonds. The summed E-state index contributed by atoms with van der Waals surface area (Å²) in [6.07, 6.45) is 2.01. The van der Waals surface area contributed by atoms with Crippen LogP contribution in [0.4, 0.5) is 5.69 Å². The van der Waals surface area contributed by atoms with Crippen molar-refractivity contribution in [3.8, 4) is 11.5 Å². The lowest BCUT2D eigenvalue weighted by molar-refractivity contribution is -0.119. The van der Waals surface area contributed by atoms with Gasteiger partial charge >= 0.3 is 0 Å². The molecule has 0 unspecified atom stereocenters. The fraction of sp³-hybridized carbons (Fsp3) is 0.304. The standard InChI is InChI=1S/C23H22ClNO4/c1-28-20-12-5-7-14(23(20)29-2)15-13-21(27)25(17-9-4-3-8-16(17)24)18-10-6-11-19(26)22(15)18/h3-5,7-9,12,15H,6,10-11,13H2,1-2H3/t15-/m1/s1. The largest absolute Gasteiger partial charge is 0.493 e. The zero-order valence-electron chi connectivity index (χ0n) is 16.4. The van der Waals surface area contributed by atoms with Crippen molar-refractivity contribution in [1.82, 2.24) is 0 Å². The van der Waals surface area contributed by atoms with Gasteiger partial charge in [-0.25, -0.2) is 0 Å². The number of carbonyl (C=O) groups is 2. The van der Waals surface area contributed by atoms with E-state index in [1.807, 2.05) is 30.3 Å². The summed E-state index contributed by atoms with van der Waals surface area (Å²) in [6.45, 7) is 0. The maximum absolute atomic E-state index is 13.3. The van der Waals surface area contributed by atoms with Crippen LogP contribution in [0.2, 0.25) is 5.02 Å². The van der Waals surface area contributed by atoms with Crippen LogP contribution >= 0.6 is 11.6 Å². The van der Waals surface area contributed by atoms with E-state index in [9.17, 15) is 9.59 Å². The van der Waals surface area contributed by atoms with Gasteiger partial charge in [0.25, 0.3) is 0 Å². The highest BCUT2D eigenvalue weighted by Crippen LogP contribution is 2.48. The monoisotopic (exact) mass is 411 g/mol. The van der Waals surface area contributed by atoms with Gasteiger partial charge in [0, 0.05) is 35.6 Å². The van der Waals surface area contributed by atoms with E-state index in [2.05, 4.69) is 0 Å². The number of amides is 1. The molecule has 0 saturated heterocycles. The first-order valence-electron chi connectivity index (χ1n) is 9.61. The minimum absolute atomic E-state index is 0.0747. The second-order valence-electron chi connectivity index (χ2n) is 7.16. The summed E-state index contributed by atoms with van der Waals surface area (Å²) in [5.41, 5.74) is 2.85. The molecule has 0 saturated carbocycles. The molecule has 29 heavy (non-hydrogen) atoms. The van der Waals surface area contributed by atoms with Gasteiger partial charge < -0.3 is 9.47 Å². The van der Waals surface area contributed by atoms with E-state index in [1.165, 1.54) is 0 Å². The molecular formula is C23H22ClNO4. The fourth-order valence-electron chi connectivity index (χ4n) is 4.36. The Kier molecular flexibility index (Phi) is 5.33. The normalized spacial score (nSPS) is 19.3. The van der Waals surface area contributed by atoms with Crippen LogP contribution < -0.4 is 14.4 Å². The number of allylic oxidation sites excluding steroid dienone is 2. The molecule has 1 aliphatic carbocycles. The smallest absolute Gasteiger partial charge is 0.232 e. The first-order chi connectivity index (χ1) is 14.1. The fourth-order valence-corrected chi connectivity index (χ4v) is 4.58. The highest BCUT2D eigenvalue weighted by molar-refractivity contribution is 6.34. The van der Waals surface area contributed by atoms with Gasteiger partial charge in [0.1, 0.15) is 0 Å². The molecule has 0 spiro atoms. The van der Waals surface area contributed by atoms with Gasteiger partial charge in [-0.2, -0.15) is 0 Å². The Morgan fingerprint density at radius 3 is 2.52 bits per heavy atom. The Morgan fingerprint density at radius 1 is 1.00 bits per heavy atom. The van der Waals surface area contributed by atoms with Crippen molar-refractivity contribution in [2.24, 2.45) is 0 Å². The summed E-state index contributed by atoms with van der Waals surface area (Å²) >= 11 is 6.39. The van der Waals surface area contributed by atoms with Crippen molar-refractivity contribution in [2.45, 2.75) is 31.6 Å². The van der Waals surface area contributed by atoms with Crippen LogP contribution in [0, 0.1) is 0 Å². The molecular weight excluding hydrogens is 390 g/mol. The number of methoxy groups -OCH3 is 2. The van der Waals surface area contributed by atoms with E-state index in [1.54, 1.807) is 31.3 Å². The van der Waals surface area contributed by atoms with E-state index in [-0.39, 0.29) is 24.0 Å². The number of ketones is 1. The Morgan fingerprint density at radius 2 is 1.79 bits per heavy atom. The van der Waals surface area contributed by atoms with Crippen molar-refractivity contribution < 1.29 is 19.1 Å². The Hall–Kier alpha value is -2.79. The molecule has 4 rings (SSSR count). The number of hydrogen-bond acceptors (Lipinski definition) is 4. The molecule has 150 valence electrons. The van der Waals surface area contributed by atoms with Crippen molar-refractivity contribution >= 4 is 29.0 Å². The highest BCUT2D eigenvalue weighted by Gasteiger charge is 2.41. The van der Waals surface area contributed by atoms with Crippen LogP contribution in [-0.2, 0) is 9.59 Å². The molecule has 5 nitrogen and oxygen atoms in total. The summed E-state index contributed by atoms with van der Waals surface area (Å²) in [5.74, 6) is 0.766. The second kappa shape index (κ2) is 7.91. The molecule has 6 heteroatoms. The predicted molar refractivity (Wildman–Crippen MR) is 112 cm³/mol. The first kappa shape index (κ1) is 19.5. The van der Waals surface area contributed by atoms with E-state index < -0.39 is 0 Å². The van der Waals surface area contributed by atoms with Crippen molar-refractivity contribution in [1.29, 1.82) is 0 Å². The van der Waals surface area contributed by atoms with Gasteiger partial charge in [0.15, 0.2) is 17.3 Å². The first-order valence-corrected chi connectivity index (χ1v) is 9.99. The Bertz CT molecular complexity index is 1010. The van der Waals surface area contributed by atoms with E-state index >= 15 is 0 Å². The number of halogens is 1. The zero-order chi connectivity index (χ0) is 20.5. The summed E-state index contributed by atoms with van der Waals surface area (Å²) in [6, 6.07) is 12.8. The van der Waals surface area contributed by atoms with Gasteiger partial charge in [-0.1, -0.05) is 35.9 Å². The number of carbonyl (C=O) groups excluding carboxylic acids is 2. The van der Waals surface area contributed by atoms with Crippen molar-refractivity contribution in [3.63, 3.8) is 0 Å². The van der Waals surface area contributed by atoms with Crippen LogP contribution in [0.25, 0.3) is 0 Å². The average molecular weight is 412 g/mol. The van der Waals surface area contributed by atoms with Crippen LogP contribution in [0.3, 0.4) is 0 Å². The third-order valence-corrected chi connectivity index (χ3v) is 5.90. The van der Waals surface area contributed by atoms with Gasteiger partial charge in [-0.15, -0.1) is 0 Å². The molecule has 1 heterocycles. The van der Waals surface area contributed by atoms with Gasteiger partial charge in [0.2, 0.25) is 5.91 Å². The summed E-state index contributed by atoms with van der Waals surface area (Å²) in [7, 11) is 3.14. The number of para-hydroxylation sites is 2. The molecule has 1 atom stereocenters. The lowest BCUT2D eigenvalue weighted by Crippen LogP contribution is -2.40. The number of Topliss-reactive ketones (excluding diaryl/α,β-unsaturated/α-hetero) is 1. The number of benzene rings is 2. The molecule has 0 N–H and O–H groups in total. The number of rotatable bonds is 4. The number of hydrogen-bond donors (Lipinski definition) is 0. The summed E-state index contributed by atoms with van der Waals surface area (Å²) in [5, 5.41) is 0.489. The molecule has 2 aromatic rings. The quantitative estimate of drug-likeness (QED) is 0.719. The van der Waals surface area contributed by atoms with Crippen LogP contribution in [0.1, 0.15) is 37.2 Å². The molecule has 0 fully saturated rings. The van der Waals surface area contributed by atoms with Crippen LogP contribution in [-0.4, -0.2) is 25.9 Å². The Labute approximate surface area is 174 Å². The molecule has 0 radical (unpaired) electrons. The minimum atomic E-state index is -0.367. The van der Waals surface area contributed by atoms with Gasteiger partial charge in [-0.05, 0) is 31.0 Å². The minimum Gasteiger partial charge on any atom is -0.493 e. The van der Waals surface area contributed by atoms with E-state index in [0.717, 1.165) is 11.3 Å². The molecule has 2 aromatic carbocycles.